The van der Waals surface area contributed by atoms with Crippen LogP contribution >= 0.6 is 0 Å². The Morgan fingerprint density at radius 1 is 0.229 bits per heavy atom. The molecule has 0 aliphatic carbocycles. The van der Waals surface area contributed by atoms with Crippen molar-refractivity contribution in [3.05, 3.63) is 309 Å². The summed E-state index contributed by atoms with van der Waals surface area (Å²) in [5.74, 6) is 0. The van der Waals surface area contributed by atoms with E-state index in [0.29, 0.717) is 0 Å². The number of rotatable bonds is 8. The number of anilines is 6. The molecule has 386 valence electrons. The van der Waals surface area contributed by atoms with Crippen LogP contribution in [0.2, 0.25) is 0 Å². The first kappa shape index (κ1) is 47.0. The van der Waals surface area contributed by atoms with Gasteiger partial charge in [0.1, 0.15) is 0 Å². The molecule has 0 fully saturated rings. The molecule has 0 spiro atoms. The average Bonchev–Trinajstić information content (AvgIpc) is 1.96. The van der Waals surface area contributed by atoms with Gasteiger partial charge in [-0.15, -0.1) is 0 Å². The Hall–Kier alpha value is -10.9. The molecule has 17 rings (SSSR count). The van der Waals surface area contributed by atoms with E-state index in [4.69, 9.17) is 0 Å². The van der Waals surface area contributed by atoms with E-state index in [0.717, 1.165) is 73.0 Å². The van der Waals surface area contributed by atoms with Crippen molar-refractivity contribution < 1.29 is 0 Å². The van der Waals surface area contributed by atoms with Crippen LogP contribution < -0.4 is 26.2 Å². The molecule has 0 bridgehead atoms. The Morgan fingerprint density at radius 2 is 0.639 bits per heavy atom. The molecule has 2 aliphatic heterocycles. The van der Waals surface area contributed by atoms with Crippen LogP contribution in [0.4, 0.5) is 34.1 Å². The van der Waals surface area contributed by atoms with E-state index in [-0.39, 0.29) is 6.71 Å². The molecule has 5 heteroatoms. The normalized spacial score (nSPS) is 12.5. The van der Waals surface area contributed by atoms with Gasteiger partial charge in [0.25, 0.3) is 6.71 Å². The monoisotopic (exact) mass is 1050 g/mol. The molecule has 0 saturated carbocycles. The molecule has 0 radical (unpaired) electrons. The lowest BCUT2D eigenvalue weighted by atomic mass is 9.33. The van der Waals surface area contributed by atoms with Crippen LogP contribution in [-0.2, 0) is 0 Å². The molecule has 2 aromatic heterocycles. The van der Waals surface area contributed by atoms with Crippen molar-refractivity contribution in [1.29, 1.82) is 0 Å². The molecule has 0 amide bonds. The number of nitrogens with zero attached hydrogens (tertiary/aromatic N) is 4. The summed E-state index contributed by atoms with van der Waals surface area (Å²) in [6, 6.07) is 115. The van der Waals surface area contributed by atoms with Gasteiger partial charge in [0.15, 0.2) is 0 Å². The second-order valence-electron chi connectivity index (χ2n) is 22.0. The summed E-state index contributed by atoms with van der Waals surface area (Å²) in [6.07, 6.45) is 0. The quantitative estimate of drug-likeness (QED) is 0.141. The summed E-state index contributed by atoms with van der Waals surface area (Å²) in [7, 11) is 0. The Labute approximate surface area is 482 Å². The number of hydrogen-bond donors (Lipinski definition) is 0. The second kappa shape index (κ2) is 18.9. The maximum atomic E-state index is 2.64. The third-order valence-electron chi connectivity index (χ3n) is 17.4. The van der Waals surface area contributed by atoms with E-state index in [1.807, 2.05) is 0 Å². The summed E-state index contributed by atoms with van der Waals surface area (Å²) in [4.78, 5) is 5.20. The minimum absolute atomic E-state index is 0.170. The Kier molecular flexibility index (Phi) is 10.7. The Balaban J connectivity index is 1.03. The van der Waals surface area contributed by atoms with Crippen molar-refractivity contribution >= 4 is 101 Å². The van der Waals surface area contributed by atoms with Gasteiger partial charge in [-0.1, -0.05) is 231 Å². The number of fused-ring (bicyclic) bond motifs is 11. The first-order valence-electron chi connectivity index (χ1n) is 28.7. The molecule has 0 N–H and O–H groups in total. The van der Waals surface area contributed by atoms with E-state index < -0.39 is 0 Å². The number of benzene rings is 13. The number of hydrogen-bond acceptors (Lipinski definition) is 2. The smallest absolute Gasteiger partial charge is 0.252 e. The highest BCUT2D eigenvalue weighted by Crippen LogP contribution is 2.51. The molecule has 4 heterocycles. The lowest BCUT2D eigenvalue weighted by Gasteiger charge is -2.45. The van der Waals surface area contributed by atoms with E-state index in [1.54, 1.807) is 0 Å². The highest BCUT2D eigenvalue weighted by Gasteiger charge is 2.45. The fourth-order valence-corrected chi connectivity index (χ4v) is 13.9. The highest BCUT2D eigenvalue weighted by atomic mass is 15.2. The van der Waals surface area contributed by atoms with Crippen molar-refractivity contribution in [3.8, 4) is 55.9 Å². The van der Waals surface area contributed by atoms with Gasteiger partial charge in [-0.2, -0.15) is 0 Å². The summed E-state index contributed by atoms with van der Waals surface area (Å²) in [5, 5.41) is 4.86. The van der Waals surface area contributed by atoms with Gasteiger partial charge < -0.3 is 18.9 Å². The van der Waals surface area contributed by atoms with Crippen molar-refractivity contribution in [2.45, 2.75) is 0 Å². The largest absolute Gasteiger partial charge is 0.311 e. The molecular formula is C78H51BN4. The zero-order valence-corrected chi connectivity index (χ0v) is 45.3. The Morgan fingerprint density at radius 3 is 1.18 bits per heavy atom. The number of para-hydroxylation sites is 3. The van der Waals surface area contributed by atoms with Crippen LogP contribution in [0.5, 0.6) is 0 Å². The summed E-state index contributed by atoms with van der Waals surface area (Å²) < 4.78 is 5.00. The lowest BCUT2D eigenvalue weighted by Crippen LogP contribution is -2.61. The maximum Gasteiger partial charge on any atom is 0.252 e. The predicted octanol–water partition coefficient (Wildman–Crippen LogP) is 18.6. The molecule has 2 aliphatic rings. The lowest BCUT2D eigenvalue weighted by molar-refractivity contribution is 1.16. The van der Waals surface area contributed by atoms with E-state index in [2.05, 4.69) is 328 Å². The topological polar surface area (TPSA) is 16.3 Å². The van der Waals surface area contributed by atoms with Crippen molar-refractivity contribution in [2.24, 2.45) is 0 Å². The molecule has 15 aromatic rings. The molecule has 83 heavy (non-hydrogen) atoms. The fourth-order valence-electron chi connectivity index (χ4n) is 13.9. The van der Waals surface area contributed by atoms with Gasteiger partial charge in [0.05, 0.1) is 33.4 Å². The van der Waals surface area contributed by atoms with Crippen LogP contribution in [0.15, 0.2) is 309 Å². The van der Waals surface area contributed by atoms with Gasteiger partial charge in [0, 0.05) is 55.7 Å². The number of aromatic nitrogens is 2. The molecule has 0 atom stereocenters. The highest BCUT2D eigenvalue weighted by molar-refractivity contribution is 7.00. The first-order chi connectivity index (χ1) is 41.2. The van der Waals surface area contributed by atoms with Crippen LogP contribution in [-0.4, -0.2) is 15.8 Å². The van der Waals surface area contributed by atoms with Crippen LogP contribution in [0.3, 0.4) is 0 Å². The van der Waals surface area contributed by atoms with Gasteiger partial charge >= 0.3 is 0 Å². The minimum atomic E-state index is -0.170. The van der Waals surface area contributed by atoms with Gasteiger partial charge in [-0.05, 0) is 140 Å². The van der Waals surface area contributed by atoms with Crippen molar-refractivity contribution in [2.75, 3.05) is 9.80 Å². The summed E-state index contributed by atoms with van der Waals surface area (Å²) >= 11 is 0. The van der Waals surface area contributed by atoms with Crippen molar-refractivity contribution in [1.82, 2.24) is 9.13 Å². The second-order valence-corrected chi connectivity index (χ2v) is 22.0. The molecule has 0 saturated heterocycles. The average molecular weight is 1060 g/mol. The predicted molar refractivity (Wildman–Crippen MR) is 351 cm³/mol. The van der Waals surface area contributed by atoms with Crippen molar-refractivity contribution in [3.63, 3.8) is 0 Å². The fraction of sp³-hybridized carbons (Fsp3) is 0. The Bertz CT molecular complexity index is 4990. The zero-order chi connectivity index (χ0) is 54.5. The van der Waals surface area contributed by atoms with Crippen LogP contribution in [0, 0.1) is 0 Å². The SMILES string of the molecule is c1ccc(-c2cccc(N3c4ccc(-c5ccccc5)cc4B4c5ccc6c(c5N(c5cccc(-c7ccccc7)c5)c5cc(-n7c8ccccc8c8ccccc87)cc3c54)c3ccccc3n6-c3cccc(-c4ccccc4)c3)c2)cc1. The van der Waals surface area contributed by atoms with Crippen LogP contribution in [0.1, 0.15) is 0 Å². The zero-order valence-electron chi connectivity index (χ0n) is 45.3. The maximum absolute atomic E-state index is 2.64. The molecular weight excluding hydrogens is 1000 g/mol. The van der Waals surface area contributed by atoms with E-state index >= 15 is 0 Å². The van der Waals surface area contributed by atoms with Gasteiger partial charge in [0.2, 0.25) is 0 Å². The third-order valence-corrected chi connectivity index (χ3v) is 17.4. The summed E-state index contributed by atoms with van der Waals surface area (Å²) in [5.41, 5.74) is 26.8. The summed E-state index contributed by atoms with van der Waals surface area (Å²) in [6.45, 7) is -0.170. The van der Waals surface area contributed by atoms with E-state index in [9.17, 15) is 0 Å². The first-order valence-corrected chi connectivity index (χ1v) is 28.7. The van der Waals surface area contributed by atoms with Gasteiger partial charge in [-0.25, -0.2) is 0 Å². The van der Waals surface area contributed by atoms with Gasteiger partial charge in [-0.3, -0.25) is 0 Å². The van der Waals surface area contributed by atoms with E-state index in [1.165, 1.54) is 77.0 Å². The standard InChI is InChI=1S/C78H51BN4/c1-5-22-52(23-6-1)56-30-19-33-60(46-56)80-71-41-18-15-38-66(71)76-73(80)45-43-67-78(76)83(62-35-21-32-58(48-62)54-26-9-3-10-27-54)75-51-63(82-69-39-16-13-36-64(69)65-37-14-17-40-70(65)82)50-74-77(75)79(67)68-49-59(55-28-11-4-12-29-55)42-44-72(68)81(74)61-34-20-31-57(47-61)53-24-7-2-8-25-53/h1-51H. The molecule has 13 aromatic carbocycles. The molecule has 0 unspecified atom stereocenters. The molecule has 4 nitrogen and oxygen atoms in total. The van der Waals surface area contributed by atoms with Crippen LogP contribution in [0.25, 0.3) is 99.5 Å². The third kappa shape index (κ3) is 7.41. The minimum Gasteiger partial charge on any atom is -0.311 e.